The molecule has 24 heavy (non-hydrogen) atoms. The van der Waals surface area contributed by atoms with Gasteiger partial charge in [-0.2, -0.15) is 0 Å². The molecule has 7 nitrogen and oxygen atoms in total. The Kier molecular flexibility index (Phi) is 3.19. The molecule has 0 aromatic carbocycles. The van der Waals surface area contributed by atoms with Crippen molar-refractivity contribution >= 4 is 17.4 Å². The largest absolute Gasteiger partial charge is 0.346 e. The third-order valence-corrected chi connectivity index (χ3v) is 4.56. The van der Waals surface area contributed by atoms with Gasteiger partial charge in [0.1, 0.15) is 5.82 Å². The Morgan fingerprint density at radius 1 is 1.29 bits per heavy atom. The lowest BCUT2D eigenvalue weighted by molar-refractivity contribution is -0.116. The highest BCUT2D eigenvalue weighted by atomic mass is 16.1. The van der Waals surface area contributed by atoms with Crippen molar-refractivity contribution in [2.75, 3.05) is 5.32 Å². The van der Waals surface area contributed by atoms with Gasteiger partial charge in [0.05, 0.1) is 11.3 Å². The van der Waals surface area contributed by atoms with Crippen molar-refractivity contribution < 1.29 is 4.79 Å². The van der Waals surface area contributed by atoms with Crippen LogP contribution in [-0.2, 0) is 11.2 Å². The molecule has 1 aliphatic heterocycles. The summed E-state index contributed by atoms with van der Waals surface area (Å²) < 4.78 is 1.80. The minimum Gasteiger partial charge on any atom is -0.346 e. The number of hydrogen-bond acceptors (Lipinski definition) is 4. The van der Waals surface area contributed by atoms with Crippen LogP contribution in [0.4, 0.5) is 5.82 Å². The average molecular weight is 324 g/mol. The lowest BCUT2D eigenvalue weighted by Crippen LogP contribution is -2.23. The zero-order chi connectivity index (χ0) is 17.0. The molecule has 1 amide bonds. The monoisotopic (exact) mass is 324 g/mol. The van der Waals surface area contributed by atoms with Crippen LogP contribution < -0.4 is 5.32 Å². The van der Waals surface area contributed by atoms with E-state index in [4.69, 9.17) is 4.98 Å². The summed E-state index contributed by atoms with van der Waals surface area (Å²) in [5, 5.41) is 7.45. The SMILES string of the molecule is CCc1nc([C@H]2CC(=O)Nc3nn4c(C)cc(C)nc4c32)c(C)[nH]1. The summed E-state index contributed by atoms with van der Waals surface area (Å²) in [6, 6.07) is 1.98. The third kappa shape index (κ3) is 2.11. The molecule has 0 saturated carbocycles. The van der Waals surface area contributed by atoms with E-state index >= 15 is 0 Å². The second kappa shape index (κ2) is 5.15. The average Bonchev–Trinajstić information content (AvgIpc) is 3.07. The topological polar surface area (TPSA) is 88.0 Å². The summed E-state index contributed by atoms with van der Waals surface area (Å²) in [6.45, 7) is 8.03. The number of rotatable bonds is 2. The van der Waals surface area contributed by atoms with E-state index in [1.54, 1.807) is 4.52 Å². The van der Waals surface area contributed by atoms with Gasteiger partial charge in [-0.3, -0.25) is 4.79 Å². The van der Waals surface area contributed by atoms with E-state index in [2.05, 4.69) is 27.3 Å². The van der Waals surface area contributed by atoms with E-state index in [1.807, 2.05) is 26.8 Å². The van der Waals surface area contributed by atoms with Crippen LogP contribution in [0, 0.1) is 20.8 Å². The van der Waals surface area contributed by atoms with E-state index in [1.165, 1.54) is 0 Å². The predicted octanol–water partition coefficient (Wildman–Crippen LogP) is 2.41. The fraction of sp³-hybridized carbons (Fsp3) is 0.412. The summed E-state index contributed by atoms with van der Waals surface area (Å²) in [5.74, 6) is 1.37. The molecule has 7 heteroatoms. The number of nitrogens with one attached hydrogen (secondary N) is 2. The Morgan fingerprint density at radius 3 is 2.79 bits per heavy atom. The summed E-state index contributed by atoms with van der Waals surface area (Å²) in [4.78, 5) is 24.9. The number of carbonyl (C=O) groups excluding carboxylic acids is 1. The molecule has 0 aliphatic carbocycles. The fourth-order valence-corrected chi connectivity index (χ4v) is 3.50. The number of H-pyrrole nitrogens is 1. The highest BCUT2D eigenvalue weighted by Gasteiger charge is 2.34. The van der Waals surface area contributed by atoms with Crippen molar-refractivity contribution in [3.8, 4) is 0 Å². The predicted molar refractivity (Wildman–Crippen MR) is 90.3 cm³/mol. The van der Waals surface area contributed by atoms with Gasteiger partial charge in [-0.05, 0) is 26.8 Å². The number of aromatic amines is 1. The molecule has 0 radical (unpaired) electrons. The summed E-state index contributed by atoms with van der Waals surface area (Å²) in [7, 11) is 0. The van der Waals surface area contributed by atoms with Gasteiger partial charge in [0.2, 0.25) is 5.91 Å². The molecule has 0 unspecified atom stereocenters. The zero-order valence-electron chi connectivity index (χ0n) is 14.3. The lowest BCUT2D eigenvalue weighted by Gasteiger charge is -2.20. The number of hydrogen-bond donors (Lipinski definition) is 2. The zero-order valence-corrected chi connectivity index (χ0v) is 14.3. The normalized spacial score (nSPS) is 17.2. The van der Waals surface area contributed by atoms with E-state index in [0.717, 1.165) is 46.2 Å². The molecule has 1 atom stereocenters. The van der Waals surface area contributed by atoms with Gasteiger partial charge in [-0.25, -0.2) is 14.5 Å². The summed E-state index contributed by atoms with van der Waals surface area (Å²) in [5.41, 5.74) is 5.60. The van der Waals surface area contributed by atoms with Crippen LogP contribution in [0.1, 0.15) is 53.4 Å². The Hall–Kier alpha value is -2.70. The van der Waals surface area contributed by atoms with Crippen LogP contribution in [0.3, 0.4) is 0 Å². The number of amides is 1. The van der Waals surface area contributed by atoms with Gasteiger partial charge in [0, 0.05) is 35.8 Å². The third-order valence-electron chi connectivity index (χ3n) is 4.56. The summed E-state index contributed by atoms with van der Waals surface area (Å²) in [6.07, 6.45) is 1.19. The second-order valence-electron chi connectivity index (χ2n) is 6.39. The van der Waals surface area contributed by atoms with Gasteiger partial charge < -0.3 is 10.3 Å². The van der Waals surface area contributed by atoms with Crippen molar-refractivity contribution in [1.82, 2.24) is 24.6 Å². The minimum absolute atomic E-state index is 0.0364. The molecule has 124 valence electrons. The van der Waals surface area contributed by atoms with Crippen molar-refractivity contribution in [3.05, 3.63) is 40.2 Å². The molecule has 2 N–H and O–H groups in total. The molecular formula is C17H20N6O. The van der Waals surface area contributed by atoms with Gasteiger partial charge in [0.25, 0.3) is 0 Å². The van der Waals surface area contributed by atoms with Gasteiger partial charge >= 0.3 is 0 Å². The van der Waals surface area contributed by atoms with Crippen LogP contribution >= 0.6 is 0 Å². The molecule has 0 spiro atoms. The van der Waals surface area contributed by atoms with Gasteiger partial charge in [-0.15, -0.1) is 5.10 Å². The standard InChI is InChI=1S/C17H20N6O/c1-5-12-19-10(4)15(20-12)11-7-13(24)21-16-14(11)17-18-8(2)6-9(3)23(17)22-16/h6,11H,5,7H2,1-4H3,(H,19,20)(H,21,22,24)/t11-/m0/s1. The van der Waals surface area contributed by atoms with Crippen LogP contribution in [0.25, 0.3) is 5.65 Å². The molecular weight excluding hydrogens is 304 g/mol. The van der Waals surface area contributed by atoms with Gasteiger partial charge in [0.15, 0.2) is 11.5 Å². The molecule has 1 aliphatic rings. The smallest absolute Gasteiger partial charge is 0.226 e. The van der Waals surface area contributed by atoms with Crippen molar-refractivity contribution in [2.24, 2.45) is 0 Å². The maximum atomic E-state index is 12.2. The van der Waals surface area contributed by atoms with E-state index in [9.17, 15) is 4.79 Å². The maximum Gasteiger partial charge on any atom is 0.226 e. The maximum absolute atomic E-state index is 12.2. The fourth-order valence-electron chi connectivity index (χ4n) is 3.50. The Bertz CT molecular complexity index is 967. The number of nitrogens with zero attached hydrogens (tertiary/aromatic N) is 4. The van der Waals surface area contributed by atoms with Crippen molar-refractivity contribution in [3.63, 3.8) is 0 Å². The number of aromatic nitrogens is 5. The number of aryl methyl sites for hydroxylation is 4. The molecule has 3 aromatic rings. The van der Waals surface area contributed by atoms with Gasteiger partial charge in [-0.1, -0.05) is 6.92 Å². The molecule has 4 heterocycles. The van der Waals surface area contributed by atoms with E-state index in [0.29, 0.717) is 12.2 Å². The van der Waals surface area contributed by atoms with Crippen molar-refractivity contribution in [1.29, 1.82) is 0 Å². The first-order valence-corrected chi connectivity index (χ1v) is 8.20. The van der Waals surface area contributed by atoms with Crippen LogP contribution in [0.5, 0.6) is 0 Å². The first-order chi connectivity index (χ1) is 11.5. The molecule has 0 fully saturated rings. The Labute approximate surface area is 139 Å². The quantitative estimate of drug-likeness (QED) is 0.758. The number of imidazole rings is 1. The summed E-state index contributed by atoms with van der Waals surface area (Å²) >= 11 is 0. The molecule has 0 bridgehead atoms. The van der Waals surface area contributed by atoms with Crippen LogP contribution in [0.15, 0.2) is 6.07 Å². The minimum atomic E-state index is -0.128. The van der Waals surface area contributed by atoms with E-state index in [-0.39, 0.29) is 11.8 Å². The first kappa shape index (κ1) is 14.9. The number of carbonyl (C=O) groups is 1. The van der Waals surface area contributed by atoms with Crippen molar-refractivity contribution in [2.45, 2.75) is 46.5 Å². The Balaban J connectivity index is 1.98. The highest BCUT2D eigenvalue weighted by Crippen LogP contribution is 2.39. The number of anilines is 1. The number of fused-ring (bicyclic) bond motifs is 3. The van der Waals surface area contributed by atoms with Crippen LogP contribution in [-0.4, -0.2) is 30.5 Å². The molecule has 4 rings (SSSR count). The van der Waals surface area contributed by atoms with E-state index < -0.39 is 0 Å². The Morgan fingerprint density at radius 2 is 2.08 bits per heavy atom. The molecule has 3 aromatic heterocycles. The first-order valence-electron chi connectivity index (χ1n) is 8.20. The lowest BCUT2D eigenvalue weighted by atomic mass is 9.89. The molecule has 0 saturated heterocycles. The van der Waals surface area contributed by atoms with Crippen LogP contribution in [0.2, 0.25) is 0 Å². The second-order valence-corrected chi connectivity index (χ2v) is 6.39. The highest BCUT2D eigenvalue weighted by molar-refractivity contribution is 5.95.